The molecule has 5 heteroatoms. The molecule has 0 unspecified atom stereocenters. The summed E-state index contributed by atoms with van der Waals surface area (Å²) >= 11 is 0. The normalized spacial score (nSPS) is 12.7. The predicted octanol–water partition coefficient (Wildman–Crippen LogP) is 3.02. The van der Waals surface area contributed by atoms with E-state index in [1.165, 1.54) is 7.11 Å². The zero-order valence-electron chi connectivity index (χ0n) is 12.7. The largest absolute Gasteiger partial charge is 0.469 e. The van der Waals surface area contributed by atoms with Crippen molar-refractivity contribution in [3.8, 4) is 0 Å². The van der Waals surface area contributed by atoms with E-state index in [0.29, 0.717) is 6.42 Å². The first-order valence-corrected chi connectivity index (χ1v) is 6.81. The zero-order chi connectivity index (χ0) is 14.9. The maximum atomic E-state index is 11.5. The van der Waals surface area contributed by atoms with E-state index >= 15 is 0 Å². The number of unbranched alkanes of at least 4 members (excludes halogenated alkanes) is 2. The lowest BCUT2D eigenvalue weighted by molar-refractivity contribution is -0.140. The number of nitrogens with one attached hydrogen (secondary N) is 1. The summed E-state index contributed by atoms with van der Waals surface area (Å²) in [4.78, 5) is 22.4. The molecule has 0 bridgehead atoms. The van der Waals surface area contributed by atoms with Crippen molar-refractivity contribution in [3.63, 3.8) is 0 Å². The third-order valence-corrected chi connectivity index (χ3v) is 2.51. The summed E-state index contributed by atoms with van der Waals surface area (Å²) in [6, 6.07) is 0.0768. The first kappa shape index (κ1) is 17.7. The second-order valence-corrected chi connectivity index (χ2v) is 5.72. The summed E-state index contributed by atoms with van der Waals surface area (Å²) in [6.07, 6.45) is 3.70. The molecular formula is C14H27NO4. The highest BCUT2D eigenvalue weighted by molar-refractivity contribution is 5.69. The Bertz CT molecular complexity index is 284. The summed E-state index contributed by atoms with van der Waals surface area (Å²) in [5, 5.41) is 2.79. The van der Waals surface area contributed by atoms with Crippen molar-refractivity contribution in [1.82, 2.24) is 5.32 Å². The van der Waals surface area contributed by atoms with E-state index in [2.05, 4.69) is 10.1 Å². The van der Waals surface area contributed by atoms with E-state index < -0.39 is 5.60 Å². The van der Waals surface area contributed by atoms with E-state index in [1.807, 2.05) is 27.7 Å². The van der Waals surface area contributed by atoms with Gasteiger partial charge in [0.15, 0.2) is 0 Å². The molecule has 112 valence electrons. The molecule has 0 heterocycles. The average molecular weight is 273 g/mol. The van der Waals surface area contributed by atoms with Crippen LogP contribution in [-0.4, -0.2) is 30.8 Å². The number of rotatable bonds is 7. The first-order valence-electron chi connectivity index (χ1n) is 6.81. The first-order chi connectivity index (χ1) is 8.74. The average Bonchev–Trinajstić information content (AvgIpc) is 2.25. The van der Waals surface area contributed by atoms with Crippen LogP contribution in [0.25, 0.3) is 0 Å². The van der Waals surface area contributed by atoms with Gasteiger partial charge in [-0.2, -0.15) is 0 Å². The van der Waals surface area contributed by atoms with E-state index in [0.717, 1.165) is 25.7 Å². The Labute approximate surface area is 116 Å². The summed E-state index contributed by atoms with van der Waals surface area (Å²) in [7, 11) is 1.40. The molecule has 1 N–H and O–H groups in total. The second kappa shape index (κ2) is 8.77. The molecule has 0 aliphatic carbocycles. The fraction of sp³-hybridized carbons (Fsp3) is 0.857. The molecule has 0 radical (unpaired) electrons. The Morgan fingerprint density at radius 3 is 2.32 bits per heavy atom. The van der Waals surface area contributed by atoms with Crippen LogP contribution in [0.4, 0.5) is 4.79 Å². The minimum absolute atomic E-state index is 0.0768. The van der Waals surface area contributed by atoms with Crippen LogP contribution in [0.2, 0.25) is 0 Å². The highest BCUT2D eigenvalue weighted by Gasteiger charge is 2.17. The number of hydrogen-bond donors (Lipinski definition) is 1. The van der Waals surface area contributed by atoms with Crippen molar-refractivity contribution in [2.75, 3.05) is 7.11 Å². The molecule has 19 heavy (non-hydrogen) atoms. The highest BCUT2D eigenvalue weighted by Crippen LogP contribution is 2.09. The van der Waals surface area contributed by atoms with Crippen LogP contribution < -0.4 is 5.32 Å². The van der Waals surface area contributed by atoms with Gasteiger partial charge in [-0.1, -0.05) is 12.8 Å². The predicted molar refractivity (Wildman–Crippen MR) is 73.9 cm³/mol. The fourth-order valence-corrected chi connectivity index (χ4v) is 1.58. The summed E-state index contributed by atoms with van der Waals surface area (Å²) in [5.41, 5.74) is -0.468. The number of amides is 1. The number of methoxy groups -OCH3 is 1. The maximum absolute atomic E-state index is 11.5. The quantitative estimate of drug-likeness (QED) is 0.572. The van der Waals surface area contributed by atoms with Crippen molar-refractivity contribution in [1.29, 1.82) is 0 Å². The van der Waals surface area contributed by atoms with E-state index in [1.54, 1.807) is 0 Å². The fourth-order valence-electron chi connectivity index (χ4n) is 1.58. The van der Waals surface area contributed by atoms with Gasteiger partial charge in [-0.25, -0.2) is 4.79 Å². The third-order valence-electron chi connectivity index (χ3n) is 2.51. The summed E-state index contributed by atoms with van der Waals surface area (Å²) in [6.45, 7) is 7.46. The van der Waals surface area contributed by atoms with Crippen LogP contribution >= 0.6 is 0 Å². The monoisotopic (exact) mass is 273 g/mol. The molecule has 0 aliphatic rings. The SMILES string of the molecule is COC(=O)CCCCC[C@@H](C)NC(=O)OC(C)(C)C. The van der Waals surface area contributed by atoms with Gasteiger partial charge in [0.05, 0.1) is 7.11 Å². The number of esters is 1. The Hall–Kier alpha value is -1.26. The van der Waals surface area contributed by atoms with Gasteiger partial charge in [0.2, 0.25) is 0 Å². The minimum atomic E-state index is -0.468. The number of hydrogen-bond acceptors (Lipinski definition) is 4. The maximum Gasteiger partial charge on any atom is 0.407 e. The van der Waals surface area contributed by atoms with Crippen LogP contribution in [0.5, 0.6) is 0 Å². The lowest BCUT2D eigenvalue weighted by atomic mass is 10.1. The van der Waals surface area contributed by atoms with Crippen LogP contribution in [0.15, 0.2) is 0 Å². The van der Waals surface area contributed by atoms with E-state index in [4.69, 9.17) is 4.74 Å². The molecule has 0 aromatic heterocycles. The standard InChI is InChI=1S/C14H27NO4/c1-11(15-13(17)19-14(2,3)4)9-7-6-8-10-12(16)18-5/h11H,6-10H2,1-5H3,(H,15,17)/t11-/m1/s1. The van der Waals surface area contributed by atoms with Crippen LogP contribution in [-0.2, 0) is 14.3 Å². The van der Waals surface area contributed by atoms with Gasteiger partial charge < -0.3 is 14.8 Å². The minimum Gasteiger partial charge on any atom is -0.469 e. The Morgan fingerprint density at radius 2 is 1.79 bits per heavy atom. The van der Waals surface area contributed by atoms with Gasteiger partial charge >= 0.3 is 12.1 Å². The lowest BCUT2D eigenvalue weighted by Gasteiger charge is -2.21. The molecular weight excluding hydrogens is 246 g/mol. The lowest BCUT2D eigenvalue weighted by Crippen LogP contribution is -2.37. The molecule has 0 aromatic carbocycles. The Balaban J connectivity index is 3.62. The van der Waals surface area contributed by atoms with Crippen molar-refractivity contribution in [2.45, 2.75) is 71.4 Å². The molecule has 0 rings (SSSR count). The number of carbonyl (C=O) groups is 2. The van der Waals surface area contributed by atoms with Gasteiger partial charge in [0.25, 0.3) is 0 Å². The Kier molecular flexibility index (Phi) is 8.19. The number of ether oxygens (including phenoxy) is 2. The molecule has 0 aliphatic heterocycles. The smallest absolute Gasteiger partial charge is 0.407 e. The molecule has 5 nitrogen and oxygen atoms in total. The second-order valence-electron chi connectivity index (χ2n) is 5.72. The van der Waals surface area contributed by atoms with Crippen molar-refractivity contribution in [3.05, 3.63) is 0 Å². The number of alkyl carbamates (subject to hydrolysis) is 1. The number of carbonyl (C=O) groups excluding carboxylic acids is 2. The summed E-state index contributed by atoms with van der Waals surface area (Å²) in [5.74, 6) is -0.167. The molecule has 0 spiro atoms. The van der Waals surface area contributed by atoms with Crippen LogP contribution in [0.1, 0.15) is 59.8 Å². The molecule has 0 aromatic rings. The van der Waals surface area contributed by atoms with E-state index in [-0.39, 0.29) is 18.1 Å². The molecule has 1 amide bonds. The molecule has 0 saturated carbocycles. The van der Waals surface area contributed by atoms with Gasteiger partial charge in [-0.3, -0.25) is 4.79 Å². The van der Waals surface area contributed by atoms with Crippen molar-refractivity contribution < 1.29 is 19.1 Å². The third kappa shape index (κ3) is 11.6. The topological polar surface area (TPSA) is 64.6 Å². The van der Waals surface area contributed by atoms with Crippen LogP contribution in [0, 0.1) is 0 Å². The zero-order valence-corrected chi connectivity index (χ0v) is 12.7. The molecule has 0 fully saturated rings. The van der Waals surface area contributed by atoms with Crippen LogP contribution in [0.3, 0.4) is 0 Å². The summed E-state index contributed by atoms with van der Waals surface area (Å²) < 4.78 is 9.74. The van der Waals surface area contributed by atoms with E-state index in [9.17, 15) is 9.59 Å². The molecule has 1 atom stereocenters. The Morgan fingerprint density at radius 1 is 1.16 bits per heavy atom. The van der Waals surface area contributed by atoms with Crippen molar-refractivity contribution in [2.24, 2.45) is 0 Å². The van der Waals surface area contributed by atoms with Gasteiger partial charge in [0.1, 0.15) is 5.60 Å². The molecule has 0 saturated heterocycles. The van der Waals surface area contributed by atoms with Gasteiger partial charge in [-0.05, 0) is 40.5 Å². The van der Waals surface area contributed by atoms with Gasteiger partial charge in [0, 0.05) is 12.5 Å². The highest BCUT2D eigenvalue weighted by atomic mass is 16.6. The van der Waals surface area contributed by atoms with Gasteiger partial charge in [-0.15, -0.1) is 0 Å². The van der Waals surface area contributed by atoms with Crippen molar-refractivity contribution >= 4 is 12.1 Å².